The topological polar surface area (TPSA) is 24.7 Å². The van der Waals surface area contributed by atoms with Gasteiger partial charge in [-0.3, -0.25) is 9.98 Å². The van der Waals surface area contributed by atoms with Gasteiger partial charge in [0, 0.05) is 12.4 Å². The number of aliphatic imine (C=N–C) groups is 2. The first kappa shape index (κ1) is 17.0. The summed E-state index contributed by atoms with van der Waals surface area (Å²) in [6, 6.07) is 0. The fourth-order valence-electron chi connectivity index (χ4n) is 0.938. The van der Waals surface area contributed by atoms with Gasteiger partial charge >= 0.3 is 0 Å². The molecule has 2 nitrogen and oxygen atoms in total. The zero-order valence-corrected chi connectivity index (χ0v) is 11.0. The van der Waals surface area contributed by atoms with Crippen molar-refractivity contribution >= 4 is 11.9 Å². The molecule has 0 aromatic heterocycles. The van der Waals surface area contributed by atoms with Gasteiger partial charge in [0.2, 0.25) is 0 Å². The van der Waals surface area contributed by atoms with Crippen LogP contribution in [0.4, 0.5) is 0 Å². The van der Waals surface area contributed by atoms with E-state index in [0.29, 0.717) is 0 Å². The zero-order chi connectivity index (χ0) is 12.8. The summed E-state index contributed by atoms with van der Waals surface area (Å²) in [6.45, 7) is 15.3. The van der Waals surface area contributed by atoms with E-state index in [1.54, 1.807) is 18.5 Å². The molecule has 0 atom stereocenters. The van der Waals surface area contributed by atoms with Gasteiger partial charge in [-0.2, -0.15) is 0 Å². The summed E-state index contributed by atoms with van der Waals surface area (Å²) in [6.07, 6.45) is 9.06. The Morgan fingerprint density at radius 1 is 1.38 bits per heavy atom. The molecule has 0 aromatic carbocycles. The van der Waals surface area contributed by atoms with E-state index in [4.69, 9.17) is 0 Å². The molecule has 1 heterocycles. The van der Waals surface area contributed by atoms with Crippen LogP contribution in [0.25, 0.3) is 0 Å². The van der Waals surface area contributed by atoms with Gasteiger partial charge in [-0.05, 0) is 12.8 Å². The van der Waals surface area contributed by atoms with Gasteiger partial charge in [-0.1, -0.05) is 53.0 Å². The summed E-state index contributed by atoms with van der Waals surface area (Å²) in [7, 11) is 0. The Hall–Kier alpha value is -1.44. The van der Waals surface area contributed by atoms with E-state index in [-0.39, 0.29) is 0 Å². The van der Waals surface area contributed by atoms with E-state index < -0.39 is 0 Å². The molecule has 0 fully saturated rings. The van der Waals surface area contributed by atoms with Gasteiger partial charge in [-0.25, -0.2) is 0 Å². The molecule has 0 aliphatic carbocycles. The maximum Gasteiger partial charge on any atom is 0.0772 e. The Morgan fingerprint density at radius 3 is 2.44 bits per heavy atom. The Labute approximate surface area is 100 Å². The molecule has 0 spiro atoms. The smallest absolute Gasteiger partial charge is 0.0772 e. The van der Waals surface area contributed by atoms with Crippen molar-refractivity contribution in [3.63, 3.8) is 0 Å². The second-order valence-corrected chi connectivity index (χ2v) is 2.46. The van der Waals surface area contributed by atoms with Gasteiger partial charge in [0.15, 0.2) is 0 Å². The minimum Gasteiger partial charge on any atom is -0.259 e. The average molecular weight is 220 g/mol. The molecule has 0 saturated carbocycles. The number of nitrogens with zero attached hydrogens (tertiary/aromatic N) is 2. The summed E-state index contributed by atoms with van der Waals surface area (Å²) in [5.74, 6) is 0. The van der Waals surface area contributed by atoms with Gasteiger partial charge < -0.3 is 0 Å². The second kappa shape index (κ2) is 13.6. The Morgan fingerprint density at radius 2 is 2.00 bits per heavy atom. The molecular weight excluding hydrogens is 196 g/mol. The molecule has 1 aliphatic rings. The van der Waals surface area contributed by atoms with Crippen molar-refractivity contribution in [2.45, 2.75) is 40.5 Å². The summed E-state index contributed by atoms with van der Waals surface area (Å²) < 4.78 is 0. The molecule has 0 radical (unpaired) electrons. The maximum atomic E-state index is 4.17. The third-order valence-corrected chi connectivity index (χ3v) is 1.55. The van der Waals surface area contributed by atoms with Gasteiger partial charge in [0.25, 0.3) is 0 Å². The van der Waals surface area contributed by atoms with Crippen molar-refractivity contribution in [2.75, 3.05) is 0 Å². The molecule has 0 unspecified atom stereocenters. The summed E-state index contributed by atoms with van der Waals surface area (Å²) in [5, 5.41) is 0. The quantitative estimate of drug-likeness (QED) is 0.623. The molecule has 0 amide bonds. The molecule has 2 heteroatoms. The lowest BCUT2D eigenvalue weighted by Gasteiger charge is -2.05. The third kappa shape index (κ3) is 7.92. The maximum absolute atomic E-state index is 4.17. The van der Waals surface area contributed by atoms with Crippen LogP contribution in [-0.2, 0) is 0 Å². The van der Waals surface area contributed by atoms with Crippen LogP contribution in [0, 0.1) is 0 Å². The largest absolute Gasteiger partial charge is 0.259 e. The molecule has 0 N–H and O–H groups in total. The lowest BCUT2D eigenvalue weighted by molar-refractivity contribution is 1.05. The van der Waals surface area contributed by atoms with Crippen molar-refractivity contribution in [2.24, 2.45) is 9.98 Å². The zero-order valence-electron chi connectivity index (χ0n) is 11.0. The minimum atomic E-state index is 0.735. The monoisotopic (exact) mass is 220 g/mol. The van der Waals surface area contributed by atoms with Crippen molar-refractivity contribution in [1.82, 2.24) is 0 Å². The molecular formula is C14H24N2. The molecule has 16 heavy (non-hydrogen) atoms. The first-order chi connectivity index (χ1) is 7.84. The van der Waals surface area contributed by atoms with Crippen molar-refractivity contribution < 1.29 is 0 Å². The fraction of sp³-hybridized carbons (Fsp3) is 0.429. The van der Waals surface area contributed by atoms with Crippen LogP contribution >= 0.6 is 0 Å². The van der Waals surface area contributed by atoms with Gasteiger partial charge in [0.1, 0.15) is 0 Å². The molecule has 90 valence electrons. The highest BCUT2D eigenvalue weighted by Gasteiger charge is 2.03. The summed E-state index contributed by atoms with van der Waals surface area (Å²) in [5.41, 5.74) is 1.70. The average Bonchev–Trinajstić information content (AvgIpc) is 2.41. The molecule has 0 bridgehead atoms. The normalized spacial score (nSPS) is 12.9. The standard InChI is InChI=1S/C10H12N2.2C2H6/c1-3-7-11-9(2)10-6-4-5-8-12-10;2*1-2/h3,5,7-8H,1-2,4,6H2;2*1-2H3. The molecule has 1 rings (SSSR count). The predicted octanol–water partition coefficient (Wildman–Crippen LogP) is 4.56. The lowest BCUT2D eigenvalue weighted by Crippen LogP contribution is -2.01. The minimum absolute atomic E-state index is 0.735. The van der Waals surface area contributed by atoms with Crippen LogP contribution in [0.1, 0.15) is 40.5 Å². The lowest BCUT2D eigenvalue weighted by atomic mass is 10.1. The van der Waals surface area contributed by atoms with Crippen molar-refractivity contribution in [1.29, 1.82) is 0 Å². The SMILES string of the molecule is C=CC=NC(=C)C1=NC=CCC1.CC.CC. The molecule has 1 aliphatic heterocycles. The van der Waals surface area contributed by atoms with Crippen molar-refractivity contribution in [3.8, 4) is 0 Å². The Kier molecular flexibility index (Phi) is 14.4. The third-order valence-electron chi connectivity index (χ3n) is 1.55. The Bertz CT molecular complexity index is 270. The summed E-state index contributed by atoms with van der Waals surface area (Å²) >= 11 is 0. The van der Waals surface area contributed by atoms with Gasteiger partial charge in [-0.15, -0.1) is 0 Å². The van der Waals surface area contributed by atoms with E-state index in [1.165, 1.54) is 0 Å². The number of allylic oxidation sites excluding steroid dienone is 3. The highest BCUT2D eigenvalue weighted by atomic mass is 14.8. The first-order valence-electron chi connectivity index (χ1n) is 5.90. The van der Waals surface area contributed by atoms with E-state index in [9.17, 15) is 0 Å². The van der Waals surface area contributed by atoms with Crippen LogP contribution in [0.2, 0.25) is 0 Å². The van der Waals surface area contributed by atoms with Crippen LogP contribution < -0.4 is 0 Å². The molecule has 0 saturated heterocycles. The van der Waals surface area contributed by atoms with E-state index >= 15 is 0 Å². The molecule has 0 aromatic rings. The number of hydrogen-bond acceptors (Lipinski definition) is 2. The van der Waals surface area contributed by atoms with E-state index in [0.717, 1.165) is 24.3 Å². The Balaban J connectivity index is 0. The highest BCUT2D eigenvalue weighted by molar-refractivity contribution is 6.01. The first-order valence-corrected chi connectivity index (χ1v) is 5.90. The number of rotatable bonds is 3. The van der Waals surface area contributed by atoms with Crippen LogP contribution in [0.15, 0.2) is 47.2 Å². The second-order valence-electron chi connectivity index (χ2n) is 2.46. The predicted molar refractivity (Wildman–Crippen MR) is 76.3 cm³/mol. The van der Waals surface area contributed by atoms with E-state index in [1.807, 2.05) is 33.8 Å². The number of hydrogen-bond donors (Lipinski definition) is 0. The van der Waals surface area contributed by atoms with Crippen LogP contribution in [-0.4, -0.2) is 11.9 Å². The fourth-order valence-corrected chi connectivity index (χ4v) is 0.938. The summed E-state index contributed by atoms with van der Waals surface area (Å²) in [4.78, 5) is 8.23. The van der Waals surface area contributed by atoms with Crippen LogP contribution in [0.3, 0.4) is 0 Å². The van der Waals surface area contributed by atoms with Crippen molar-refractivity contribution in [3.05, 3.63) is 37.2 Å². The highest BCUT2D eigenvalue weighted by Crippen LogP contribution is 2.09. The van der Waals surface area contributed by atoms with E-state index in [2.05, 4.69) is 23.1 Å². The van der Waals surface area contributed by atoms with Gasteiger partial charge in [0.05, 0.1) is 11.4 Å². The van der Waals surface area contributed by atoms with Crippen LogP contribution in [0.5, 0.6) is 0 Å².